The maximum Gasteiger partial charge on any atom is 0.357 e. The molecule has 0 saturated carbocycles. The summed E-state index contributed by atoms with van der Waals surface area (Å²) in [6, 6.07) is 0. The number of aromatic nitrogens is 4. The van der Waals surface area contributed by atoms with Crippen molar-refractivity contribution in [3.8, 4) is 10.8 Å². The van der Waals surface area contributed by atoms with Gasteiger partial charge in [0.25, 0.3) is 0 Å². The first kappa shape index (κ1) is 10.7. The molecule has 7 heteroatoms. The number of carbonyl (C=O) groups is 1. The number of carbonyl (C=O) groups excluding carboxylic acids is 1. The van der Waals surface area contributed by atoms with E-state index in [0.717, 1.165) is 0 Å². The molecular formula is C9H10N4O2S. The Bertz CT molecular complexity index is 505. The molecule has 2 aromatic rings. The van der Waals surface area contributed by atoms with Gasteiger partial charge in [0, 0.05) is 5.38 Å². The van der Waals surface area contributed by atoms with Gasteiger partial charge in [-0.1, -0.05) is 0 Å². The zero-order chi connectivity index (χ0) is 11.5. The quantitative estimate of drug-likeness (QED) is 0.818. The summed E-state index contributed by atoms with van der Waals surface area (Å²) in [5.74, 6) is 0.790. The number of aromatic amines is 1. The summed E-state index contributed by atoms with van der Waals surface area (Å²) in [5, 5.41) is 8.93. The fourth-order valence-corrected chi connectivity index (χ4v) is 1.83. The van der Waals surface area contributed by atoms with Gasteiger partial charge in [0.1, 0.15) is 5.82 Å². The average Bonchev–Trinajstić information content (AvgIpc) is 2.85. The van der Waals surface area contributed by atoms with Gasteiger partial charge in [-0.15, -0.1) is 11.3 Å². The van der Waals surface area contributed by atoms with Crippen molar-refractivity contribution in [3.05, 3.63) is 16.9 Å². The number of esters is 1. The molecule has 0 aliphatic heterocycles. The average molecular weight is 238 g/mol. The van der Waals surface area contributed by atoms with Crippen LogP contribution in [0.1, 0.15) is 23.2 Å². The third kappa shape index (κ3) is 2.08. The van der Waals surface area contributed by atoms with E-state index in [1.54, 1.807) is 19.2 Å². The molecule has 0 aliphatic rings. The summed E-state index contributed by atoms with van der Waals surface area (Å²) < 4.78 is 4.84. The number of thiazole rings is 1. The molecular weight excluding hydrogens is 228 g/mol. The lowest BCUT2D eigenvalue weighted by atomic mass is 10.5. The van der Waals surface area contributed by atoms with Crippen molar-refractivity contribution in [2.75, 3.05) is 6.61 Å². The number of ether oxygens (including phenoxy) is 1. The number of nitrogens with zero attached hydrogens (tertiary/aromatic N) is 3. The van der Waals surface area contributed by atoms with Gasteiger partial charge in [-0.05, 0) is 13.8 Å². The van der Waals surface area contributed by atoms with E-state index in [1.807, 2.05) is 0 Å². The molecule has 0 atom stereocenters. The standard InChI is InChI=1S/C9H10N4O2S/c1-3-15-9(14)6-4-16-8(11-6)7-10-5(2)12-13-7/h4H,3H2,1-2H3,(H,10,12,13). The maximum absolute atomic E-state index is 11.4. The second-order valence-electron chi connectivity index (χ2n) is 3.00. The minimum absolute atomic E-state index is 0.296. The predicted octanol–water partition coefficient (Wildman–Crippen LogP) is 1.41. The first-order chi connectivity index (χ1) is 7.70. The van der Waals surface area contributed by atoms with Gasteiger partial charge in [0.15, 0.2) is 10.7 Å². The summed E-state index contributed by atoms with van der Waals surface area (Å²) in [4.78, 5) is 19.6. The van der Waals surface area contributed by atoms with Gasteiger partial charge in [0.2, 0.25) is 5.82 Å². The molecule has 0 bridgehead atoms. The van der Waals surface area contributed by atoms with Crippen molar-refractivity contribution in [3.63, 3.8) is 0 Å². The number of aryl methyl sites for hydroxylation is 1. The third-order valence-corrected chi connectivity index (χ3v) is 2.62. The van der Waals surface area contributed by atoms with Crippen molar-refractivity contribution in [2.45, 2.75) is 13.8 Å². The number of nitrogens with one attached hydrogen (secondary N) is 1. The molecule has 16 heavy (non-hydrogen) atoms. The zero-order valence-corrected chi connectivity index (χ0v) is 9.67. The minimum atomic E-state index is -0.419. The van der Waals surface area contributed by atoms with Crippen LogP contribution in [0, 0.1) is 6.92 Å². The van der Waals surface area contributed by atoms with E-state index >= 15 is 0 Å². The van der Waals surface area contributed by atoms with Crippen molar-refractivity contribution >= 4 is 17.3 Å². The van der Waals surface area contributed by atoms with Crippen LogP contribution >= 0.6 is 11.3 Å². The maximum atomic E-state index is 11.4. The summed E-state index contributed by atoms with van der Waals surface area (Å²) in [5.41, 5.74) is 0.296. The smallest absolute Gasteiger partial charge is 0.357 e. The Morgan fingerprint density at radius 1 is 1.56 bits per heavy atom. The van der Waals surface area contributed by atoms with Crippen LogP contribution in [0.2, 0.25) is 0 Å². The van der Waals surface area contributed by atoms with Crippen molar-refractivity contribution < 1.29 is 9.53 Å². The Kier molecular flexibility index (Phi) is 2.95. The number of hydrogen-bond donors (Lipinski definition) is 1. The summed E-state index contributed by atoms with van der Waals surface area (Å²) in [6.45, 7) is 3.89. The molecule has 0 radical (unpaired) electrons. The first-order valence-electron chi connectivity index (χ1n) is 4.72. The molecule has 0 unspecified atom stereocenters. The third-order valence-electron chi connectivity index (χ3n) is 1.78. The molecule has 0 aliphatic carbocycles. The Morgan fingerprint density at radius 2 is 2.38 bits per heavy atom. The van der Waals surface area contributed by atoms with Crippen molar-refractivity contribution in [1.29, 1.82) is 0 Å². The molecule has 0 fully saturated rings. The summed E-state index contributed by atoms with van der Waals surface area (Å²) in [6.07, 6.45) is 0. The molecule has 0 saturated heterocycles. The van der Waals surface area contributed by atoms with Crippen LogP contribution in [-0.4, -0.2) is 32.7 Å². The number of hydrogen-bond acceptors (Lipinski definition) is 6. The van der Waals surface area contributed by atoms with Gasteiger partial charge >= 0.3 is 5.97 Å². The van der Waals surface area contributed by atoms with E-state index in [2.05, 4.69) is 20.2 Å². The lowest BCUT2D eigenvalue weighted by Crippen LogP contribution is -2.04. The highest BCUT2D eigenvalue weighted by atomic mass is 32.1. The van der Waals surface area contributed by atoms with E-state index in [0.29, 0.717) is 29.0 Å². The largest absolute Gasteiger partial charge is 0.461 e. The lowest BCUT2D eigenvalue weighted by molar-refractivity contribution is 0.0520. The normalized spacial score (nSPS) is 10.4. The SMILES string of the molecule is CCOC(=O)c1csc(-c2n[nH]c(C)n2)n1. The van der Waals surface area contributed by atoms with Crippen LogP contribution in [0.5, 0.6) is 0 Å². The molecule has 2 heterocycles. The number of rotatable bonds is 3. The molecule has 0 amide bonds. The van der Waals surface area contributed by atoms with E-state index in [-0.39, 0.29) is 0 Å². The van der Waals surface area contributed by atoms with E-state index in [1.165, 1.54) is 11.3 Å². The molecule has 6 nitrogen and oxygen atoms in total. The Labute approximate surface area is 95.7 Å². The Balaban J connectivity index is 2.22. The van der Waals surface area contributed by atoms with Crippen LogP contribution in [0.4, 0.5) is 0 Å². The van der Waals surface area contributed by atoms with Gasteiger partial charge in [-0.2, -0.15) is 5.10 Å². The summed E-state index contributed by atoms with van der Waals surface area (Å²) >= 11 is 1.31. The molecule has 0 aromatic carbocycles. The summed E-state index contributed by atoms with van der Waals surface area (Å²) in [7, 11) is 0. The Hall–Kier alpha value is -1.76. The second-order valence-corrected chi connectivity index (χ2v) is 3.86. The first-order valence-corrected chi connectivity index (χ1v) is 5.60. The highest BCUT2D eigenvalue weighted by Gasteiger charge is 2.14. The van der Waals surface area contributed by atoms with E-state index in [9.17, 15) is 4.79 Å². The molecule has 84 valence electrons. The van der Waals surface area contributed by atoms with Crippen LogP contribution in [-0.2, 0) is 4.74 Å². The fraction of sp³-hybridized carbons (Fsp3) is 0.333. The topological polar surface area (TPSA) is 80.8 Å². The molecule has 2 aromatic heterocycles. The monoisotopic (exact) mass is 238 g/mol. The van der Waals surface area contributed by atoms with Gasteiger partial charge in [-0.3, -0.25) is 5.10 Å². The van der Waals surface area contributed by atoms with Gasteiger partial charge in [0.05, 0.1) is 6.61 Å². The van der Waals surface area contributed by atoms with Crippen molar-refractivity contribution in [2.24, 2.45) is 0 Å². The van der Waals surface area contributed by atoms with Crippen LogP contribution < -0.4 is 0 Å². The highest BCUT2D eigenvalue weighted by molar-refractivity contribution is 7.13. The minimum Gasteiger partial charge on any atom is -0.461 e. The molecule has 0 spiro atoms. The molecule has 2 rings (SSSR count). The molecule has 1 N–H and O–H groups in total. The van der Waals surface area contributed by atoms with E-state index in [4.69, 9.17) is 4.74 Å². The lowest BCUT2D eigenvalue weighted by Gasteiger charge is -1.95. The van der Waals surface area contributed by atoms with Crippen LogP contribution in [0.25, 0.3) is 10.8 Å². The van der Waals surface area contributed by atoms with Crippen molar-refractivity contribution in [1.82, 2.24) is 20.2 Å². The zero-order valence-electron chi connectivity index (χ0n) is 8.85. The van der Waals surface area contributed by atoms with Crippen LogP contribution in [0.15, 0.2) is 5.38 Å². The number of H-pyrrole nitrogens is 1. The fourth-order valence-electron chi connectivity index (χ4n) is 1.11. The second kappa shape index (κ2) is 4.40. The van der Waals surface area contributed by atoms with E-state index < -0.39 is 5.97 Å². The van der Waals surface area contributed by atoms with Gasteiger partial charge < -0.3 is 4.74 Å². The van der Waals surface area contributed by atoms with Crippen LogP contribution in [0.3, 0.4) is 0 Å². The predicted molar refractivity (Wildman–Crippen MR) is 58.2 cm³/mol. The highest BCUT2D eigenvalue weighted by Crippen LogP contribution is 2.20. The van der Waals surface area contributed by atoms with Gasteiger partial charge in [-0.25, -0.2) is 14.8 Å². The Morgan fingerprint density at radius 3 is 3.00 bits per heavy atom.